The van der Waals surface area contributed by atoms with Crippen molar-refractivity contribution >= 4 is 11.9 Å². The minimum Gasteiger partial charge on any atom is -0.481 e. The van der Waals surface area contributed by atoms with E-state index in [0.29, 0.717) is 6.54 Å². The van der Waals surface area contributed by atoms with E-state index >= 15 is 0 Å². The molecule has 2 unspecified atom stereocenters. The minimum absolute atomic E-state index is 0.0887. The summed E-state index contributed by atoms with van der Waals surface area (Å²) < 4.78 is 26.9. The third-order valence-electron chi connectivity index (χ3n) is 3.67. The molecule has 1 aromatic carbocycles. The van der Waals surface area contributed by atoms with Crippen LogP contribution in [0.15, 0.2) is 18.2 Å². The van der Waals surface area contributed by atoms with Gasteiger partial charge in [-0.3, -0.25) is 9.59 Å². The van der Waals surface area contributed by atoms with Crippen LogP contribution in [-0.4, -0.2) is 35.0 Å². The Hall–Kier alpha value is -1.98. The number of likely N-dealkylation sites (tertiary alicyclic amines) is 1. The highest BCUT2D eigenvalue weighted by Gasteiger charge is 2.37. The van der Waals surface area contributed by atoms with Crippen molar-refractivity contribution in [1.29, 1.82) is 0 Å². The van der Waals surface area contributed by atoms with Gasteiger partial charge in [0.1, 0.15) is 11.6 Å². The van der Waals surface area contributed by atoms with E-state index in [2.05, 4.69) is 0 Å². The molecule has 1 fully saturated rings. The molecule has 4 nitrogen and oxygen atoms in total. The van der Waals surface area contributed by atoms with E-state index in [4.69, 9.17) is 5.11 Å². The number of rotatable bonds is 3. The van der Waals surface area contributed by atoms with Crippen LogP contribution in [0.25, 0.3) is 0 Å². The molecule has 1 aromatic rings. The number of carboxylic acids is 1. The number of benzene rings is 1. The molecule has 6 heteroatoms. The zero-order valence-corrected chi connectivity index (χ0v) is 11.0. The molecule has 0 aromatic heterocycles. The number of hydrogen-bond acceptors (Lipinski definition) is 2. The fraction of sp³-hybridized carbons (Fsp3) is 0.429. The summed E-state index contributed by atoms with van der Waals surface area (Å²) in [6.45, 7) is 2.13. The monoisotopic (exact) mass is 283 g/mol. The molecule has 108 valence electrons. The molecule has 0 radical (unpaired) electrons. The number of halogens is 2. The Kier molecular flexibility index (Phi) is 4.01. The summed E-state index contributed by atoms with van der Waals surface area (Å²) in [5, 5.41) is 9.00. The third kappa shape index (κ3) is 2.79. The molecule has 1 N–H and O–H groups in total. The molecule has 0 saturated carbocycles. The number of amides is 1. The SMILES string of the molecule is CC1CN(C(=O)Cc2c(F)cccc2F)CC1C(=O)O. The second-order valence-electron chi connectivity index (χ2n) is 5.10. The average molecular weight is 283 g/mol. The predicted molar refractivity (Wildman–Crippen MR) is 66.9 cm³/mol. The third-order valence-corrected chi connectivity index (χ3v) is 3.67. The zero-order valence-electron chi connectivity index (χ0n) is 11.0. The number of carboxylic acid groups (broad SMARTS) is 1. The van der Waals surface area contributed by atoms with Gasteiger partial charge in [0.25, 0.3) is 0 Å². The summed E-state index contributed by atoms with van der Waals surface area (Å²) in [5.41, 5.74) is -0.274. The van der Waals surface area contributed by atoms with Gasteiger partial charge < -0.3 is 10.0 Å². The van der Waals surface area contributed by atoms with Crippen molar-refractivity contribution in [2.45, 2.75) is 13.3 Å². The van der Waals surface area contributed by atoms with Crippen molar-refractivity contribution < 1.29 is 23.5 Å². The maximum absolute atomic E-state index is 13.5. The molecule has 2 rings (SSSR count). The Morgan fingerprint density at radius 3 is 2.40 bits per heavy atom. The molecular formula is C14H15F2NO3. The Bertz CT molecular complexity index is 527. The maximum Gasteiger partial charge on any atom is 0.308 e. The van der Waals surface area contributed by atoms with Gasteiger partial charge in [-0.25, -0.2) is 8.78 Å². The molecule has 1 saturated heterocycles. The first-order valence-electron chi connectivity index (χ1n) is 6.33. The van der Waals surface area contributed by atoms with E-state index in [1.54, 1.807) is 6.92 Å². The second kappa shape index (κ2) is 5.56. The lowest BCUT2D eigenvalue weighted by atomic mass is 9.99. The minimum atomic E-state index is -0.954. The molecule has 0 aliphatic carbocycles. The van der Waals surface area contributed by atoms with Gasteiger partial charge >= 0.3 is 5.97 Å². The van der Waals surface area contributed by atoms with E-state index in [0.717, 1.165) is 12.1 Å². The molecule has 0 spiro atoms. The van der Waals surface area contributed by atoms with Crippen LogP contribution in [0.4, 0.5) is 8.78 Å². The van der Waals surface area contributed by atoms with E-state index < -0.39 is 35.8 Å². The summed E-state index contributed by atoms with van der Waals surface area (Å²) in [4.78, 5) is 24.4. The van der Waals surface area contributed by atoms with Crippen molar-refractivity contribution in [2.75, 3.05) is 13.1 Å². The van der Waals surface area contributed by atoms with E-state index in [-0.39, 0.29) is 18.0 Å². The number of nitrogens with zero attached hydrogens (tertiary/aromatic N) is 1. The Morgan fingerprint density at radius 1 is 1.30 bits per heavy atom. The molecule has 1 aliphatic heterocycles. The van der Waals surface area contributed by atoms with Crippen molar-refractivity contribution in [3.05, 3.63) is 35.4 Å². The van der Waals surface area contributed by atoms with Crippen LogP contribution in [0.1, 0.15) is 12.5 Å². The van der Waals surface area contributed by atoms with Crippen LogP contribution in [0.2, 0.25) is 0 Å². The summed E-state index contributed by atoms with van der Waals surface area (Å²) in [6.07, 6.45) is -0.391. The highest BCUT2D eigenvalue weighted by atomic mass is 19.1. The zero-order chi connectivity index (χ0) is 14.9. The standard InChI is InChI=1S/C14H15F2NO3/c1-8-6-17(7-10(8)14(19)20)13(18)5-9-11(15)3-2-4-12(9)16/h2-4,8,10H,5-7H2,1H3,(H,19,20). The Morgan fingerprint density at radius 2 is 1.90 bits per heavy atom. The average Bonchev–Trinajstić information content (AvgIpc) is 2.76. The Labute approximate surface area is 115 Å². The lowest BCUT2D eigenvalue weighted by molar-refractivity contribution is -0.142. The van der Waals surface area contributed by atoms with Crippen LogP contribution in [0.3, 0.4) is 0 Å². The largest absolute Gasteiger partial charge is 0.481 e. The van der Waals surface area contributed by atoms with Crippen LogP contribution in [0, 0.1) is 23.5 Å². The van der Waals surface area contributed by atoms with Gasteiger partial charge in [0.15, 0.2) is 0 Å². The molecular weight excluding hydrogens is 268 g/mol. The fourth-order valence-electron chi connectivity index (χ4n) is 2.46. The summed E-state index contributed by atoms with van der Waals surface area (Å²) >= 11 is 0. The fourth-order valence-corrected chi connectivity index (χ4v) is 2.46. The van der Waals surface area contributed by atoms with Crippen LogP contribution in [0.5, 0.6) is 0 Å². The van der Waals surface area contributed by atoms with Gasteiger partial charge in [-0.15, -0.1) is 0 Å². The molecule has 20 heavy (non-hydrogen) atoms. The number of hydrogen-bond donors (Lipinski definition) is 1. The summed E-state index contributed by atoms with van der Waals surface area (Å²) in [5.74, 6) is -3.72. The van der Waals surface area contributed by atoms with E-state index in [1.165, 1.54) is 11.0 Å². The van der Waals surface area contributed by atoms with Crippen LogP contribution >= 0.6 is 0 Å². The first-order valence-corrected chi connectivity index (χ1v) is 6.33. The van der Waals surface area contributed by atoms with Gasteiger partial charge in [-0.1, -0.05) is 13.0 Å². The van der Waals surface area contributed by atoms with Gasteiger partial charge in [0.2, 0.25) is 5.91 Å². The van der Waals surface area contributed by atoms with Crippen molar-refractivity contribution in [3.8, 4) is 0 Å². The quantitative estimate of drug-likeness (QED) is 0.918. The van der Waals surface area contributed by atoms with Crippen molar-refractivity contribution in [3.63, 3.8) is 0 Å². The lowest BCUT2D eigenvalue weighted by Crippen LogP contribution is -2.31. The topological polar surface area (TPSA) is 57.6 Å². The first kappa shape index (κ1) is 14.4. The Balaban J connectivity index is 2.08. The summed E-state index contributed by atoms with van der Waals surface area (Å²) in [6, 6.07) is 3.42. The van der Waals surface area contributed by atoms with E-state index in [9.17, 15) is 18.4 Å². The smallest absolute Gasteiger partial charge is 0.308 e. The van der Waals surface area contributed by atoms with Gasteiger partial charge in [0.05, 0.1) is 12.3 Å². The molecule has 2 atom stereocenters. The number of aliphatic carboxylic acids is 1. The van der Waals surface area contributed by atoms with Crippen molar-refractivity contribution in [2.24, 2.45) is 11.8 Å². The molecule has 1 heterocycles. The molecule has 0 bridgehead atoms. The van der Waals surface area contributed by atoms with Crippen molar-refractivity contribution in [1.82, 2.24) is 4.90 Å². The lowest BCUT2D eigenvalue weighted by Gasteiger charge is -2.16. The normalized spacial score (nSPS) is 22.1. The highest BCUT2D eigenvalue weighted by Crippen LogP contribution is 2.24. The summed E-state index contributed by atoms with van der Waals surface area (Å²) in [7, 11) is 0. The van der Waals surface area contributed by atoms with Crippen LogP contribution in [-0.2, 0) is 16.0 Å². The molecule has 1 amide bonds. The van der Waals surface area contributed by atoms with Gasteiger partial charge in [0, 0.05) is 18.7 Å². The molecule has 1 aliphatic rings. The van der Waals surface area contributed by atoms with Gasteiger partial charge in [-0.2, -0.15) is 0 Å². The second-order valence-corrected chi connectivity index (χ2v) is 5.10. The van der Waals surface area contributed by atoms with Gasteiger partial charge in [-0.05, 0) is 18.1 Å². The highest BCUT2D eigenvalue weighted by molar-refractivity contribution is 5.81. The predicted octanol–water partition coefficient (Wildman–Crippen LogP) is 1.69. The number of carbonyl (C=O) groups is 2. The van der Waals surface area contributed by atoms with Crippen LogP contribution < -0.4 is 0 Å². The number of carbonyl (C=O) groups excluding carboxylic acids is 1. The van der Waals surface area contributed by atoms with E-state index in [1.807, 2.05) is 0 Å². The maximum atomic E-state index is 13.5. The first-order chi connectivity index (χ1) is 9.40.